The van der Waals surface area contributed by atoms with E-state index in [4.69, 9.17) is 0 Å². The molecule has 0 saturated carbocycles. The minimum Gasteiger partial charge on any atom is -0.507 e. The molecule has 4 N–H and O–H groups in total. The summed E-state index contributed by atoms with van der Waals surface area (Å²) >= 11 is 0. The van der Waals surface area contributed by atoms with Crippen molar-refractivity contribution in [3.05, 3.63) is 36.4 Å². The molecule has 3 rings (SSSR count). The molecule has 3 aromatic rings. The van der Waals surface area contributed by atoms with Gasteiger partial charge in [0.25, 0.3) is 0 Å². The number of aromatic hydroxyl groups is 2. The minimum absolute atomic E-state index is 0.0746. The van der Waals surface area contributed by atoms with Gasteiger partial charge in [0.15, 0.2) is 0 Å². The second-order valence-corrected chi connectivity index (χ2v) is 4.80. The Hall–Kier alpha value is -2.86. The van der Waals surface area contributed by atoms with Crippen molar-refractivity contribution in [3.63, 3.8) is 0 Å². The van der Waals surface area contributed by atoms with Crippen LogP contribution in [0, 0.1) is 0 Å². The fourth-order valence-corrected chi connectivity index (χ4v) is 2.67. The summed E-state index contributed by atoms with van der Waals surface area (Å²) in [4.78, 5) is 0. The van der Waals surface area contributed by atoms with Gasteiger partial charge in [-0.15, -0.1) is 0 Å². The molecule has 0 aliphatic carbocycles. The summed E-state index contributed by atoms with van der Waals surface area (Å²) in [5.74, 6) is 0.167. The molecule has 6 nitrogen and oxygen atoms in total. The fourth-order valence-electron chi connectivity index (χ4n) is 2.67. The lowest BCUT2D eigenvalue weighted by molar-refractivity contribution is 0.478. The maximum absolute atomic E-state index is 10.7. The highest BCUT2D eigenvalue weighted by molar-refractivity contribution is 6.18. The van der Waals surface area contributed by atoms with Crippen molar-refractivity contribution in [1.82, 2.24) is 5.43 Å². The van der Waals surface area contributed by atoms with E-state index < -0.39 is 0 Å². The van der Waals surface area contributed by atoms with Crippen LogP contribution in [0.5, 0.6) is 11.5 Å². The van der Waals surface area contributed by atoms with Gasteiger partial charge in [-0.25, -0.2) is 5.43 Å². The molecule has 3 aromatic carbocycles. The standard InChI is InChI=1S/C16H16N4O2/c1-17-19-11-7-8-12(20-18-2)14-13(11)15(21)9-5-3-4-6-10(9)16(14)22/h3-8,17,19,21-22H,1-2H3. The molecule has 6 heteroatoms. The zero-order valence-corrected chi connectivity index (χ0v) is 12.3. The molecule has 0 radical (unpaired) electrons. The second kappa shape index (κ2) is 5.50. The summed E-state index contributed by atoms with van der Waals surface area (Å²) in [6.07, 6.45) is 0. The third-order valence-electron chi connectivity index (χ3n) is 3.56. The first-order valence-electron chi connectivity index (χ1n) is 6.81. The van der Waals surface area contributed by atoms with E-state index >= 15 is 0 Å². The molecule has 0 heterocycles. The van der Waals surface area contributed by atoms with Gasteiger partial charge in [-0.2, -0.15) is 10.2 Å². The number of phenolic OH excluding ortho intramolecular Hbond substituents is 2. The number of hydrogen-bond acceptors (Lipinski definition) is 6. The van der Waals surface area contributed by atoms with Crippen LogP contribution in [0.15, 0.2) is 46.6 Å². The van der Waals surface area contributed by atoms with Gasteiger partial charge in [0.2, 0.25) is 0 Å². The Morgan fingerprint density at radius 2 is 1.55 bits per heavy atom. The summed E-state index contributed by atoms with van der Waals surface area (Å²) in [6, 6.07) is 10.7. The highest BCUT2D eigenvalue weighted by Gasteiger charge is 2.18. The van der Waals surface area contributed by atoms with Crippen molar-refractivity contribution in [2.75, 3.05) is 19.5 Å². The zero-order valence-electron chi connectivity index (χ0n) is 12.3. The van der Waals surface area contributed by atoms with Gasteiger partial charge in [-0.05, 0) is 12.1 Å². The first kappa shape index (κ1) is 14.1. The maximum Gasteiger partial charge on any atom is 0.133 e. The van der Waals surface area contributed by atoms with Crippen LogP contribution in [0.4, 0.5) is 11.4 Å². The van der Waals surface area contributed by atoms with Gasteiger partial charge < -0.3 is 15.6 Å². The van der Waals surface area contributed by atoms with Gasteiger partial charge in [0.1, 0.15) is 11.5 Å². The maximum atomic E-state index is 10.7. The van der Waals surface area contributed by atoms with Crippen LogP contribution in [-0.4, -0.2) is 24.3 Å². The summed E-state index contributed by atoms with van der Waals surface area (Å²) in [7, 11) is 3.28. The van der Waals surface area contributed by atoms with Crippen molar-refractivity contribution in [2.45, 2.75) is 0 Å². The van der Waals surface area contributed by atoms with Crippen LogP contribution in [-0.2, 0) is 0 Å². The predicted molar refractivity (Wildman–Crippen MR) is 87.9 cm³/mol. The first-order valence-corrected chi connectivity index (χ1v) is 6.81. The van der Waals surface area contributed by atoms with E-state index in [0.717, 1.165) is 0 Å². The average molecular weight is 296 g/mol. The number of nitrogens with one attached hydrogen (secondary N) is 2. The lowest BCUT2D eigenvalue weighted by Crippen LogP contribution is -2.15. The van der Waals surface area contributed by atoms with Crippen molar-refractivity contribution in [3.8, 4) is 11.5 Å². The number of fused-ring (bicyclic) bond motifs is 2. The van der Waals surface area contributed by atoms with E-state index in [0.29, 0.717) is 32.9 Å². The molecular weight excluding hydrogens is 280 g/mol. The number of hydrogen-bond donors (Lipinski definition) is 4. The first-order chi connectivity index (χ1) is 10.7. The molecule has 0 aromatic heterocycles. The van der Waals surface area contributed by atoms with Crippen molar-refractivity contribution >= 4 is 32.9 Å². The van der Waals surface area contributed by atoms with Crippen LogP contribution in [0.3, 0.4) is 0 Å². The van der Waals surface area contributed by atoms with Crippen molar-refractivity contribution in [2.24, 2.45) is 10.2 Å². The molecule has 112 valence electrons. The van der Waals surface area contributed by atoms with E-state index in [2.05, 4.69) is 21.1 Å². The number of benzene rings is 3. The Labute approximate surface area is 127 Å². The highest BCUT2D eigenvalue weighted by atomic mass is 16.3. The van der Waals surface area contributed by atoms with Crippen LogP contribution in [0.2, 0.25) is 0 Å². The molecule has 0 aliphatic rings. The average Bonchev–Trinajstić information content (AvgIpc) is 2.54. The number of hydrazine groups is 1. The summed E-state index contributed by atoms with van der Waals surface area (Å²) < 4.78 is 0. The summed E-state index contributed by atoms with van der Waals surface area (Å²) in [6.45, 7) is 0. The van der Waals surface area contributed by atoms with Gasteiger partial charge in [-0.1, -0.05) is 24.3 Å². The molecule has 0 saturated heterocycles. The fraction of sp³-hybridized carbons (Fsp3) is 0.125. The van der Waals surface area contributed by atoms with E-state index in [1.165, 1.54) is 0 Å². The van der Waals surface area contributed by atoms with Gasteiger partial charge in [0, 0.05) is 24.9 Å². The monoisotopic (exact) mass is 296 g/mol. The lowest BCUT2D eigenvalue weighted by atomic mass is 9.98. The van der Waals surface area contributed by atoms with Gasteiger partial charge in [0.05, 0.1) is 22.1 Å². The molecule has 0 amide bonds. The quantitative estimate of drug-likeness (QED) is 0.257. The Kier molecular flexibility index (Phi) is 3.52. The van der Waals surface area contributed by atoms with Crippen LogP contribution >= 0.6 is 0 Å². The minimum atomic E-state index is 0.0746. The van der Waals surface area contributed by atoms with E-state index in [9.17, 15) is 10.2 Å². The third kappa shape index (κ3) is 2.01. The smallest absolute Gasteiger partial charge is 0.133 e. The lowest BCUT2D eigenvalue weighted by Gasteiger charge is -2.15. The van der Waals surface area contributed by atoms with Crippen molar-refractivity contribution in [1.29, 1.82) is 0 Å². The Morgan fingerprint density at radius 1 is 0.909 bits per heavy atom. The molecule has 0 unspecified atom stereocenters. The third-order valence-corrected chi connectivity index (χ3v) is 3.56. The number of nitrogens with zero attached hydrogens (tertiary/aromatic N) is 2. The number of phenols is 2. The molecule has 0 bridgehead atoms. The Balaban J connectivity index is 2.57. The number of anilines is 1. The normalized spacial score (nSPS) is 11.5. The van der Waals surface area contributed by atoms with E-state index in [-0.39, 0.29) is 11.5 Å². The largest absolute Gasteiger partial charge is 0.507 e. The van der Waals surface area contributed by atoms with Crippen LogP contribution in [0.25, 0.3) is 21.5 Å². The van der Waals surface area contributed by atoms with Gasteiger partial charge >= 0.3 is 0 Å². The van der Waals surface area contributed by atoms with E-state index in [1.807, 2.05) is 12.1 Å². The highest BCUT2D eigenvalue weighted by Crippen LogP contribution is 2.48. The van der Waals surface area contributed by atoms with Crippen LogP contribution in [0.1, 0.15) is 0 Å². The molecule has 0 atom stereocenters. The second-order valence-electron chi connectivity index (χ2n) is 4.80. The Morgan fingerprint density at radius 3 is 2.14 bits per heavy atom. The SMILES string of the molecule is CN=Nc1ccc(NNC)c2c(O)c3ccccc3c(O)c12. The topological polar surface area (TPSA) is 89.2 Å². The summed E-state index contributed by atoms with van der Waals surface area (Å²) in [5, 5.41) is 31.3. The molecular formula is C16H16N4O2. The molecule has 0 spiro atoms. The van der Waals surface area contributed by atoms with Crippen LogP contribution < -0.4 is 10.9 Å². The Bertz CT molecular complexity index is 890. The predicted octanol–water partition coefficient (Wildman–Crippen LogP) is 3.66. The number of azo groups is 1. The summed E-state index contributed by atoms with van der Waals surface area (Å²) in [5.41, 5.74) is 6.93. The molecule has 0 aliphatic heterocycles. The zero-order chi connectivity index (χ0) is 15.7. The molecule has 22 heavy (non-hydrogen) atoms. The van der Waals surface area contributed by atoms with Gasteiger partial charge in [-0.3, -0.25) is 0 Å². The molecule has 0 fully saturated rings. The van der Waals surface area contributed by atoms with Crippen molar-refractivity contribution < 1.29 is 10.2 Å². The van der Waals surface area contributed by atoms with E-state index in [1.54, 1.807) is 38.4 Å². The number of rotatable bonds is 3.